The number of rotatable bonds is 4. The van der Waals surface area contributed by atoms with E-state index >= 15 is 0 Å². The number of ether oxygens (including phenoxy) is 3. The first kappa shape index (κ1) is 19.2. The molecule has 1 unspecified atom stereocenters. The van der Waals surface area contributed by atoms with E-state index in [1.54, 1.807) is 12.1 Å². The molecular formula is C22H24N4O4. The van der Waals surface area contributed by atoms with E-state index in [1.807, 2.05) is 48.9 Å². The van der Waals surface area contributed by atoms with Crippen LogP contribution in [-0.4, -0.2) is 44.5 Å². The van der Waals surface area contributed by atoms with Gasteiger partial charge in [0.25, 0.3) is 5.91 Å². The van der Waals surface area contributed by atoms with Gasteiger partial charge < -0.3 is 24.1 Å². The number of aromatic nitrogens is 3. The standard InChI is InChI=1S/C22H24N4O4/c1-4-15-16-17(30-22(2,3)29-16)21(28-15)26-11-10-14-18(23-12-24-19(14)26)25-20(27)13-8-6-5-7-9-13/h5-12,15-17,21H,4H2,1-3H3,(H,23,24,25,27)/t15-,16+,17?,21-/m1/s1. The average molecular weight is 408 g/mol. The Morgan fingerprint density at radius 3 is 2.67 bits per heavy atom. The van der Waals surface area contributed by atoms with Crippen LogP contribution in [0.25, 0.3) is 11.0 Å². The van der Waals surface area contributed by atoms with Crippen LogP contribution in [0.4, 0.5) is 5.82 Å². The highest BCUT2D eigenvalue weighted by Gasteiger charge is 2.55. The predicted octanol–water partition coefficient (Wildman–Crippen LogP) is 3.51. The molecule has 1 N–H and O–H groups in total. The number of hydrogen-bond acceptors (Lipinski definition) is 6. The molecule has 2 aliphatic rings. The summed E-state index contributed by atoms with van der Waals surface area (Å²) >= 11 is 0. The number of nitrogens with one attached hydrogen (secondary N) is 1. The van der Waals surface area contributed by atoms with Gasteiger partial charge in [-0.3, -0.25) is 4.79 Å². The first-order valence-electron chi connectivity index (χ1n) is 10.2. The number of carbonyl (C=O) groups excluding carboxylic acids is 1. The van der Waals surface area contributed by atoms with E-state index in [4.69, 9.17) is 14.2 Å². The second-order valence-corrected chi connectivity index (χ2v) is 8.04. The lowest BCUT2D eigenvalue weighted by Crippen LogP contribution is -2.28. The van der Waals surface area contributed by atoms with E-state index in [1.165, 1.54) is 6.33 Å². The smallest absolute Gasteiger partial charge is 0.256 e. The number of anilines is 1. The molecule has 2 aliphatic heterocycles. The first-order valence-corrected chi connectivity index (χ1v) is 10.2. The maximum atomic E-state index is 12.6. The number of amides is 1. The summed E-state index contributed by atoms with van der Waals surface area (Å²) in [5.41, 5.74) is 1.23. The molecule has 30 heavy (non-hydrogen) atoms. The summed E-state index contributed by atoms with van der Waals surface area (Å²) in [6.07, 6.45) is 3.36. The van der Waals surface area contributed by atoms with Crippen molar-refractivity contribution >= 4 is 22.8 Å². The van der Waals surface area contributed by atoms with E-state index < -0.39 is 5.79 Å². The van der Waals surface area contributed by atoms with E-state index in [0.29, 0.717) is 17.0 Å². The predicted molar refractivity (Wildman–Crippen MR) is 110 cm³/mol. The van der Waals surface area contributed by atoms with Crippen LogP contribution in [0.2, 0.25) is 0 Å². The highest BCUT2D eigenvalue weighted by atomic mass is 16.8. The lowest BCUT2D eigenvalue weighted by atomic mass is 10.1. The van der Waals surface area contributed by atoms with Gasteiger partial charge in [0, 0.05) is 11.8 Å². The molecule has 2 saturated heterocycles. The monoisotopic (exact) mass is 408 g/mol. The number of fused-ring (bicyclic) bond motifs is 2. The number of nitrogens with zero attached hydrogens (tertiary/aromatic N) is 3. The molecule has 2 fully saturated rings. The van der Waals surface area contributed by atoms with Crippen molar-refractivity contribution in [2.45, 2.75) is 57.5 Å². The summed E-state index contributed by atoms with van der Waals surface area (Å²) < 4.78 is 20.5. The fourth-order valence-corrected chi connectivity index (χ4v) is 4.26. The minimum Gasteiger partial charge on any atom is -0.349 e. The van der Waals surface area contributed by atoms with Gasteiger partial charge in [-0.1, -0.05) is 25.1 Å². The molecule has 0 spiro atoms. The van der Waals surface area contributed by atoms with Gasteiger partial charge in [-0.2, -0.15) is 0 Å². The average Bonchev–Trinajstić information content (AvgIpc) is 3.39. The molecule has 5 rings (SSSR count). The summed E-state index contributed by atoms with van der Waals surface area (Å²) in [4.78, 5) is 21.3. The van der Waals surface area contributed by atoms with Crippen molar-refractivity contribution in [1.82, 2.24) is 14.5 Å². The lowest BCUT2D eigenvalue weighted by Gasteiger charge is -2.24. The van der Waals surface area contributed by atoms with Crippen molar-refractivity contribution in [3.63, 3.8) is 0 Å². The zero-order valence-corrected chi connectivity index (χ0v) is 17.1. The Hall–Kier alpha value is -2.81. The Morgan fingerprint density at radius 1 is 1.13 bits per heavy atom. The van der Waals surface area contributed by atoms with Crippen molar-refractivity contribution in [3.05, 3.63) is 54.5 Å². The van der Waals surface area contributed by atoms with Crippen molar-refractivity contribution in [2.24, 2.45) is 0 Å². The molecule has 2 aromatic heterocycles. The second-order valence-electron chi connectivity index (χ2n) is 8.04. The normalized spacial score (nSPS) is 27.3. The SMILES string of the molecule is CC[C@H]1O[C@@H](n2ccc3c(NC(=O)c4ccccc4)ncnc32)C2OC(C)(C)O[C@H]21. The number of benzene rings is 1. The first-order chi connectivity index (χ1) is 14.5. The van der Waals surface area contributed by atoms with Gasteiger partial charge in [0.1, 0.15) is 30.0 Å². The summed E-state index contributed by atoms with van der Waals surface area (Å²) in [7, 11) is 0. The van der Waals surface area contributed by atoms with E-state index in [2.05, 4.69) is 22.2 Å². The lowest BCUT2D eigenvalue weighted by molar-refractivity contribution is -0.196. The van der Waals surface area contributed by atoms with Crippen LogP contribution < -0.4 is 5.32 Å². The molecule has 3 aromatic rings. The number of carbonyl (C=O) groups is 1. The third-order valence-corrected chi connectivity index (χ3v) is 5.58. The highest BCUT2D eigenvalue weighted by molar-refractivity contribution is 6.07. The Bertz CT molecular complexity index is 1080. The van der Waals surface area contributed by atoms with Crippen molar-refractivity contribution in [2.75, 3.05) is 5.32 Å². The minimum atomic E-state index is -0.655. The maximum Gasteiger partial charge on any atom is 0.256 e. The van der Waals surface area contributed by atoms with Crippen LogP contribution in [0.15, 0.2) is 48.9 Å². The van der Waals surface area contributed by atoms with Crippen LogP contribution in [0.5, 0.6) is 0 Å². The quantitative estimate of drug-likeness (QED) is 0.711. The molecule has 0 bridgehead atoms. The minimum absolute atomic E-state index is 0.0571. The van der Waals surface area contributed by atoms with Crippen LogP contribution in [0.1, 0.15) is 43.8 Å². The third kappa shape index (κ3) is 3.17. The van der Waals surface area contributed by atoms with Crippen molar-refractivity contribution in [1.29, 1.82) is 0 Å². The van der Waals surface area contributed by atoms with Crippen molar-refractivity contribution < 1.29 is 19.0 Å². The third-order valence-electron chi connectivity index (χ3n) is 5.58. The number of hydrogen-bond donors (Lipinski definition) is 1. The zero-order valence-electron chi connectivity index (χ0n) is 17.1. The van der Waals surface area contributed by atoms with Gasteiger partial charge in [-0.15, -0.1) is 0 Å². The Morgan fingerprint density at radius 2 is 1.90 bits per heavy atom. The molecule has 1 amide bonds. The Kier molecular flexibility index (Phi) is 4.57. The molecule has 1 aromatic carbocycles. The molecular weight excluding hydrogens is 384 g/mol. The summed E-state index contributed by atoms with van der Waals surface area (Å²) in [6.45, 7) is 5.91. The van der Waals surface area contributed by atoms with E-state index in [0.717, 1.165) is 11.8 Å². The zero-order chi connectivity index (χ0) is 20.9. The molecule has 8 heteroatoms. The Labute approximate surface area is 174 Å². The van der Waals surface area contributed by atoms with E-state index in [-0.39, 0.29) is 30.4 Å². The van der Waals surface area contributed by atoms with Gasteiger partial charge in [0.2, 0.25) is 0 Å². The fourth-order valence-electron chi connectivity index (χ4n) is 4.26. The maximum absolute atomic E-state index is 12.6. The van der Waals surface area contributed by atoms with Gasteiger partial charge in [-0.25, -0.2) is 9.97 Å². The van der Waals surface area contributed by atoms with Gasteiger partial charge in [0.05, 0.1) is 11.5 Å². The molecule has 0 radical (unpaired) electrons. The van der Waals surface area contributed by atoms with Gasteiger partial charge >= 0.3 is 0 Å². The molecule has 0 saturated carbocycles. The highest BCUT2D eigenvalue weighted by Crippen LogP contribution is 2.44. The van der Waals surface area contributed by atoms with Crippen LogP contribution in [0.3, 0.4) is 0 Å². The van der Waals surface area contributed by atoms with Gasteiger partial charge in [-0.05, 0) is 38.5 Å². The molecule has 156 valence electrons. The molecule has 0 aliphatic carbocycles. The van der Waals surface area contributed by atoms with Crippen molar-refractivity contribution in [3.8, 4) is 0 Å². The summed E-state index contributed by atoms with van der Waals surface area (Å²) in [5, 5.41) is 3.62. The topological polar surface area (TPSA) is 87.5 Å². The molecule has 4 heterocycles. The van der Waals surface area contributed by atoms with E-state index in [9.17, 15) is 4.79 Å². The second kappa shape index (κ2) is 7.16. The van der Waals surface area contributed by atoms with Crippen LogP contribution in [-0.2, 0) is 14.2 Å². The van der Waals surface area contributed by atoms with Crippen LogP contribution in [0, 0.1) is 0 Å². The molecule has 4 atom stereocenters. The molecule has 8 nitrogen and oxygen atoms in total. The van der Waals surface area contributed by atoms with Gasteiger partial charge in [0.15, 0.2) is 12.0 Å². The van der Waals surface area contributed by atoms with Crippen LogP contribution >= 0.6 is 0 Å². The largest absolute Gasteiger partial charge is 0.349 e. The fraction of sp³-hybridized carbons (Fsp3) is 0.409. The Balaban J connectivity index is 1.47. The summed E-state index contributed by atoms with van der Waals surface area (Å²) in [5.74, 6) is -0.420. The summed E-state index contributed by atoms with van der Waals surface area (Å²) in [6, 6.07) is 10.9.